The van der Waals surface area contributed by atoms with Gasteiger partial charge in [0.05, 0.1) is 5.70 Å². The third-order valence-electron chi connectivity index (χ3n) is 3.26. The van der Waals surface area contributed by atoms with Crippen molar-refractivity contribution >= 4 is 30.3 Å². The Morgan fingerprint density at radius 3 is 2.73 bits per heavy atom. The minimum absolute atomic E-state index is 0.0787. The number of hydrogen-bond donors (Lipinski definition) is 2. The van der Waals surface area contributed by atoms with Crippen molar-refractivity contribution in [2.45, 2.75) is 31.7 Å². The van der Waals surface area contributed by atoms with E-state index in [4.69, 9.17) is 0 Å². The SMILES string of the molecule is CN(C(=O)/C=C(\C=O)NCCCC=O)C1CCC(=O)NC1=O. The summed E-state index contributed by atoms with van der Waals surface area (Å²) in [4.78, 5) is 57.1. The van der Waals surface area contributed by atoms with E-state index in [2.05, 4.69) is 10.6 Å². The predicted molar refractivity (Wildman–Crippen MR) is 76.4 cm³/mol. The fourth-order valence-corrected chi connectivity index (χ4v) is 1.98. The molecule has 1 saturated heterocycles. The van der Waals surface area contributed by atoms with Crippen molar-refractivity contribution in [3.63, 3.8) is 0 Å². The highest BCUT2D eigenvalue weighted by molar-refractivity contribution is 6.03. The van der Waals surface area contributed by atoms with E-state index in [1.165, 1.54) is 11.9 Å². The summed E-state index contributed by atoms with van der Waals surface area (Å²) in [6.45, 7) is 0.388. The smallest absolute Gasteiger partial charge is 0.249 e. The highest BCUT2D eigenvalue weighted by atomic mass is 16.2. The first-order chi connectivity index (χ1) is 10.5. The zero-order valence-corrected chi connectivity index (χ0v) is 12.3. The monoisotopic (exact) mass is 309 g/mol. The Morgan fingerprint density at radius 1 is 1.41 bits per heavy atom. The number of aldehydes is 2. The van der Waals surface area contributed by atoms with Crippen LogP contribution in [0.3, 0.4) is 0 Å². The van der Waals surface area contributed by atoms with Crippen LogP contribution in [0.15, 0.2) is 11.8 Å². The fourth-order valence-electron chi connectivity index (χ4n) is 1.98. The van der Waals surface area contributed by atoms with Gasteiger partial charge in [0, 0.05) is 32.5 Å². The second-order valence-electron chi connectivity index (χ2n) is 4.87. The minimum Gasteiger partial charge on any atom is -0.382 e. The fraction of sp³-hybridized carbons (Fsp3) is 0.500. The zero-order valence-electron chi connectivity index (χ0n) is 12.3. The van der Waals surface area contributed by atoms with E-state index in [-0.39, 0.29) is 24.4 Å². The summed E-state index contributed by atoms with van der Waals surface area (Å²) in [5, 5.41) is 4.91. The number of carbonyl (C=O) groups is 5. The van der Waals surface area contributed by atoms with E-state index in [1.54, 1.807) is 0 Å². The number of nitrogens with one attached hydrogen (secondary N) is 2. The molecule has 8 heteroatoms. The number of likely N-dealkylation sites (N-methyl/N-ethyl adjacent to an activating group) is 1. The van der Waals surface area contributed by atoms with Gasteiger partial charge in [-0.05, 0) is 12.8 Å². The maximum atomic E-state index is 12.1. The Hall–Kier alpha value is -2.51. The van der Waals surface area contributed by atoms with E-state index >= 15 is 0 Å². The Balaban J connectivity index is 2.61. The Labute approximate surface area is 127 Å². The molecular weight excluding hydrogens is 290 g/mol. The molecule has 3 amide bonds. The van der Waals surface area contributed by atoms with E-state index in [0.29, 0.717) is 25.7 Å². The highest BCUT2D eigenvalue weighted by Gasteiger charge is 2.31. The van der Waals surface area contributed by atoms with Crippen LogP contribution in [0.4, 0.5) is 0 Å². The molecule has 1 heterocycles. The topological polar surface area (TPSA) is 113 Å². The van der Waals surface area contributed by atoms with Crippen LogP contribution in [0, 0.1) is 0 Å². The number of amides is 3. The van der Waals surface area contributed by atoms with Crippen molar-refractivity contribution in [2.24, 2.45) is 0 Å². The van der Waals surface area contributed by atoms with Crippen molar-refractivity contribution in [3.8, 4) is 0 Å². The largest absolute Gasteiger partial charge is 0.382 e. The highest BCUT2D eigenvalue weighted by Crippen LogP contribution is 2.11. The standard InChI is InChI=1S/C14H19N3O5/c1-17(11-4-5-12(20)16-14(11)22)13(21)8-10(9-19)15-6-2-3-7-18/h7-9,11,15H,2-6H2,1H3,(H,16,20,22)/b10-8+. The molecule has 1 fully saturated rings. The van der Waals surface area contributed by atoms with Crippen LogP contribution in [0.1, 0.15) is 25.7 Å². The van der Waals surface area contributed by atoms with Crippen molar-refractivity contribution < 1.29 is 24.0 Å². The van der Waals surface area contributed by atoms with Gasteiger partial charge in [-0.15, -0.1) is 0 Å². The van der Waals surface area contributed by atoms with Crippen LogP contribution < -0.4 is 10.6 Å². The van der Waals surface area contributed by atoms with Crippen molar-refractivity contribution in [2.75, 3.05) is 13.6 Å². The number of nitrogens with zero attached hydrogens (tertiary/aromatic N) is 1. The van der Waals surface area contributed by atoms with Gasteiger partial charge in [0.1, 0.15) is 12.3 Å². The minimum atomic E-state index is -0.732. The van der Waals surface area contributed by atoms with Crippen molar-refractivity contribution in [1.29, 1.82) is 0 Å². The summed E-state index contributed by atoms with van der Waals surface area (Å²) in [6.07, 6.45) is 3.70. The van der Waals surface area contributed by atoms with Gasteiger partial charge in [-0.1, -0.05) is 0 Å². The molecule has 1 atom stereocenters. The molecule has 0 radical (unpaired) electrons. The molecule has 1 aliphatic heterocycles. The molecule has 1 aliphatic rings. The van der Waals surface area contributed by atoms with Gasteiger partial charge in [-0.3, -0.25) is 24.5 Å². The average molecular weight is 309 g/mol. The van der Waals surface area contributed by atoms with Crippen molar-refractivity contribution in [3.05, 3.63) is 11.8 Å². The van der Waals surface area contributed by atoms with Crippen LogP contribution in [0.2, 0.25) is 0 Å². The number of rotatable bonds is 8. The molecule has 0 saturated carbocycles. The normalized spacial score (nSPS) is 18.4. The quantitative estimate of drug-likeness (QED) is 0.255. The molecule has 22 heavy (non-hydrogen) atoms. The Kier molecular flexibility index (Phi) is 6.94. The number of carbonyl (C=O) groups excluding carboxylic acids is 5. The second kappa shape index (κ2) is 8.71. The van der Waals surface area contributed by atoms with Gasteiger partial charge in [-0.25, -0.2) is 0 Å². The maximum Gasteiger partial charge on any atom is 0.249 e. The first-order valence-corrected chi connectivity index (χ1v) is 6.94. The third-order valence-corrected chi connectivity index (χ3v) is 3.26. The molecule has 8 nitrogen and oxygen atoms in total. The van der Waals surface area contributed by atoms with Gasteiger partial charge < -0.3 is 15.0 Å². The van der Waals surface area contributed by atoms with Crippen LogP contribution in [0.5, 0.6) is 0 Å². The first-order valence-electron chi connectivity index (χ1n) is 6.94. The number of imide groups is 1. The summed E-state index contributed by atoms with van der Waals surface area (Å²) in [5.41, 5.74) is 0.0787. The molecule has 2 N–H and O–H groups in total. The summed E-state index contributed by atoms with van der Waals surface area (Å²) >= 11 is 0. The molecule has 0 aliphatic carbocycles. The number of piperidine rings is 1. The molecule has 0 bridgehead atoms. The number of unbranched alkanes of at least 4 members (excludes halogenated alkanes) is 1. The molecular formula is C14H19N3O5. The van der Waals surface area contributed by atoms with E-state index in [1.807, 2.05) is 0 Å². The van der Waals surface area contributed by atoms with E-state index in [9.17, 15) is 24.0 Å². The molecule has 0 spiro atoms. The summed E-state index contributed by atoms with van der Waals surface area (Å²) < 4.78 is 0. The molecule has 120 valence electrons. The Morgan fingerprint density at radius 2 is 2.14 bits per heavy atom. The van der Waals surface area contributed by atoms with Crippen LogP contribution in [-0.2, 0) is 24.0 Å². The average Bonchev–Trinajstić information content (AvgIpc) is 2.49. The molecule has 1 unspecified atom stereocenters. The summed E-state index contributed by atoms with van der Waals surface area (Å²) in [5.74, 6) is -1.39. The van der Waals surface area contributed by atoms with E-state index in [0.717, 1.165) is 12.4 Å². The lowest BCUT2D eigenvalue weighted by molar-refractivity contribution is -0.142. The Bertz CT molecular complexity index is 501. The van der Waals surface area contributed by atoms with E-state index < -0.39 is 17.9 Å². The lowest BCUT2D eigenvalue weighted by Crippen LogP contribution is -2.52. The lowest BCUT2D eigenvalue weighted by Gasteiger charge is -2.29. The lowest BCUT2D eigenvalue weighted by atomic mass is 10.0. The van der Waals surface area contributed by atoms with Gasteiger partial charge in [0.2, 0.25) is 17.7 Å². The van der Waals surface area contributed by atoms with Gasteiger partial charge in [0.15, 0.2) is 6.29 Å². The van der Waals surface area contributed by atoms with Crippen LogP contribution >= 0.6 is 0 Å². The summed E-state index contributed by atoms with van der Waals surface area (Å²) in [6, 6.07) is -0.732. The number of hydrogen-bond acceptors (Lipinski definition) is 6. The maximum absolute atomic E-state index is 12.1. The molecule has 0 aromatic rings. The van der Waals surface area contributed by atoms with Gasteiger partial charge in [-0.2, -0.15) is 0 Å². The first kappa shape index (κ1) is 17.5. The van der Waals surface area contributed by atoms with Crippen molar-refractivity contribution in [1.82, 2.24) is 15.5 Å². The van der Waals surface area contributed by atoms with Gasteiger partial charge in [0.25, 0.3) is 0 Å². The van der Waals surface area contributed by atoms with Crippen LogP contribution in [0.25, 0.3) is 0 Å². The number of allylic oxidation sites excluding steroid dienone is 1. The summed E-state index contributed by atoms with van der Waals surface area (Å²) in [7, 11) is 1.44. The predicted octanol–water partition coefficient (Wildman–Crippen LogP) is -1.10. The second-order valence-corrected chi connectivity index (χ2v) is 4.87. The molecule has 0 aromatic carbocycles. The third kappa shape index (κ3) is 5.12. The molecule has 0 aromatic heterocycles. The van der Waals surface area contributed by atoms with Gasteiger partial charge >= 0.3 is 0 Å². The molecule has 1 rings (SSSR count). The zero-order chi connectivity index (χ0) is 16.5. The van der Waals surface area contributed by atoms with Crippen LogP contribution in [-0.4, -0.2) is 54.8 Å².